The molecule has 4 nitrogen and oxygen atoms in total. The number of hydrogen-bond acceptors (Lipinski definition) is 2. The van der Waals surface area contributed by atoms with E-state index in [-0.39, 0.29) is 11.2 Å². The Kier molecular flexibility index (Phi) is 3.17. The summed E-state index contributed by atoms with van der Waals surface area (Å²) in [6.45, 7) is 12.3. The third-order valence-electron chi connectivity index (χ3n) is 2.46. The minimum Gasteiger partial charge on any atom is -0.315 e. The normalized spacial score (nSPS) is 12.9. The molecule has 90 valence electrons. The van der Waals surface area contributed by atoms with Crippen molar-refractivity contribution in [3.05, 3.63) is 27.0 Å². The number of rotatable bonds is 2. The molecule has 0 unspecified atom stereocenters. The van der Waals surface area contributed by atoms with Crippen molar-refractivity contribution < 1.29 is 0 Å². The Morgan fingerprint density at radius 2 is 1.56 bits per heavy atom. The number of hydrogen-bond donors (Lipinski definition) is 1. The predicted molar refractivity (Wildman–Crippen MR) is 73.0 cm³/mol. The van der Waals surface area contributed by atoms with Gasteiger partial charge < -0.3 is 4.98 Å². The molecule has 16 heavy (non-hydrogen) atoms. The Morgan fingerprint density at radius 3 is 1.94 bits per heavy atom. The minimum atomic E-state index is -1.95. The Labute approximate surface area is 97.4 Å². The average molecular weight is 256 g/mol. The Morgan fingerprint density at radius 1 is 1.06 bits per heavy atom. The van der Waals surface area contributed by atoms with E-state index in [2.05, 4.69) is 24.6 Å². The molecule has 1 N–H and O–H groups in total. The first-order valence-electron chi connectivity index (χ1n) is 5.41. The number of aromatic nitrogens is 2. The lowest BCUT2D eigenvalue weighted by molar-refractivity contribution is 0.930. The van der Waals surface area contributed by atoms with Crippen molar-refractivity contribution in [3.63, 3.8) is 0 Å². The highest BCUT2D eigenvalue weighted by Crippen LogP contribution is 2.00. The number of H-pyrrole nitrogens is 1. The standard InChI is InChI=1S/C10H20N2O2Si2/c1-15(2,3)8-7-11-10(14)12(9(8)13)16(4,5)6/h7H,1-6H3,(H,11,14). The van der Waals surface area contributed by atoms with Gasteiger partial charge in [-0.15, -0.1) is 0 Å². The zero-order valence-electron chi connectivity index (χ0n) is 10.8. The topological polar surface area (TPSA) is 54.9 Å². The van der Waals surface area contributed by atoms with E-state index in [1.54, 1.807) is 6.20 Å². The summed E-state index contributed by atoms with van der Waals surface area (Å²) in [4.78, 5) is 26.7. The molecule has 1 heterocycles. The summed E-state index contributed by atoms with van der Waals surface area (Å²) >= 11 is 0. The number of nitrogens with zero attached hydrogens (tertiary/aromatic N) is 1. The van der Waals surface area contributed by atoms with Gasteiger partial charge in [0.1, 0.15) is 0 Å². The van der Waals surface area contributed by atoms with Crippen LogP contribution in [0.1, 0.15) is 0 Å². The SMILES string of the molecule is C[Si](C)(C)c1c[nH]c(=O)n([Si](C)(C)C)c1=O. The molecule has 0 saturated heterocycles. The fourth-order valence-electron chi connectivity index (χ4n) is 1.62. The fraction of sp³-hybridized carbons (Fsp3) is 0.600. The van der Waals surface area contributed by atoms with Crippen molar-refractivity contribution in [3.8, 4) is 0 Å². The minimum absolute atomic E-state index is 0.0814. The fourth-order valence-corrected chi connectivity index (χ4v) is 4.39. The summed E-state index contributed by atoms with van der Waals surface area (Å²) in [5.41, 5.74) is -0.353. The quantitative estimate of drug-likeness (QED) is 0.795. The molecule has 1 aromatic rings. The van der Waals surface area contributed by atoms with Crippen LogP contribution in [0.3, 0.4) is 0 Å². The summed E-state index contributed by atoms with van der Waals surface area (Å²) in [6, 6.07) is 0. The van der Waals surface area contributed by atoms with Crippen LogP contribution < -0.4 is 16.4 Å². The molecule has 0 spiro atoms. The van der Waals surface area contributed by atoms with Gasteiger partial charge in [-0.3, -0.25) is 9.03 Å². The van der Waals surface area contributed by atoms with Gasteiger partial charge in [0, 0.05) is 11.4 Å². The summed E-state index contributed by atoms with van der Waals surface area (Å²) in [6.07, 6.45) is 1.60. The van der Waals surface area contributed by atoms with Gasteiger partial charge in [0.2, 0.25) is 5.56 Å². The van der Waals surface area contributed by atoms with E-state index in [0.717, 1.165) is 5.19 Å². The first kappa shape index (κ1) is 13.2. The van der Waals surface area contributed by atoms with Gasteiger partial charge in [-0.2, -0.15) is 0 Å². The highest BCUT2D eigenvalue weighted by Gasteiger charge is 2.27. The van der Waals surface area contributed by atoms with Crippen molar-refractivity contribution in [2.24, 2.45) is 0 Å². The van der Waals surface area contributed by atoms with Crippen LogP contribution in [-0.4, -0.2) is 25.5 Å². The molecule has 0 atom stereocenters. The highest BCUT2D eigenvalue weighted by molar-refractivity contribution is 6.88. The molecule has 0 aromatic carbocycles. The van der Waals surface area contributed by atoms with Gasteiger partial charge in [0.15, 0.2) is 8.24 Å². The van der Waals surface area contributed by atoms with Crippen LogP contribution in [0.25, 0.3) is 0 Å². The Bertz CT molecular complexity index is 503. The smallest absolute Gasteiger partial charge is 0.315 e. The van der Waals surface area contributed by atoms with Crippen molar-refractivity contribution in [1.82, 2.24) is 9.22 Å². The van der Waals surface area contributed by atoms with Crippen LogP contribution in [0.15, 0.2) is 15.8 Å². The van der Waals surface area contributed by atoms with Crippen molar-refractivity contribution in [2.45, 2.75) is 39.3 Å². The van der Waals surface area contributed by atoms with Crippen molar-refractivity contribution >= 4 is 21.5 Å². The lowest BCUT2D eigenvalue weighted by Crippen LogP contribution is -2.60. The molecule has 0 aliphatic rings. The maximum absolute atomic E-state index is 12.3. The second kappa shape index (κ2) is 3.85. The van der Waals surface area contributed by atoms with Crippen LogP contribution in [0.4, 0.5) is 0 Å². The molecule has 0 saturated carbocycles. The summed E-state index contributed by atoms with van der Waals surface area (Å²) in [7, 11) is -3.64. The van der Waals surface area contributed by atoms with E-state index in [0.29, 0.717) is 0 Å². The van der Waals surface area contributed by atoms with Crippen LogP contribution in [0.2, 0.25) is 39.3 Å². The first-order chi connectivity index (χ1) is 7.05. The van der Waals surface area contributed by atoms with E-state index in [1.807, 2.05) is 19.6 Å². The van der Waals surface area contributed by atoms with Crippen molar-refractivity contribution in [2.75, 3.05) is 0 Å². The average Bonchev–Trinajstić information content (AvgIpc) is 1.97. The Hall–Kier alpha value is -0.886. The second-order valence-electron chi connectivity index (χ2n) is 6.07. The molecule has 0 radical (unpaired) electrons. The van der Waals surface area contributed by atoms with Gasteiger partial charge in [-0.05, 0) is 0 Å². The van der Waals surface area contributed by atoms with E-state index < -0.39 is 16.3 Å². The number of aromatic amines is 1. The largest absolute Gasteiger partial charge is 0.320 e. The monoisotopic (exact) mass is 256 g/mol. The molecule has 0 amide bonds. The summed E-state index contributed by atoms with van der Waals surface area (Å²) in [5.74, 6) is 0. The molecule has 0 fully saturated rings. The zero-order valence-corrected chi connectivity index (χ0v) is 12.8. The highest BCUT2D eigenvalue weighted by atomic mass is 28.3. The van der Waals surface area contributed by atoms with Crippen molar-refractivity contribution in [1.29, 1.82) is 0 Å². The summed E-state index contributed by atoms with van der Waals surface area (Å²) < 4.78 is 1.45. The molecule has 0 aliphatic heterocycles. The van der Waals surface area contributed by atoms with Crippen LogP contribution in [0.5, 0.6) is 0 Å². The van der Waals surface area contributed by atoms with Gasteiger partial charge >= 0.3 is 5.69 Å². The molecule has 0 aliphatic carbocycles. The number of nitrogens with one attached hydrogen (secondary N) is 1. The van der Waals surface area contributed by atoms with Gasteiger partial charge in [-0.1, -0.05) is 39.3 Å². The zero-order chi connectivity index (χ0) is 12.7. The van der Waals surface area contributed by atoms with E-state index in [1.165, 1.54) is 4.23 Å². The third-order valence-corrected chi connectivity index (χ3v) is 6.18. The molecule has 1 rings (SSSR count). The molecular weight excluding hydrogens is 236 g/mol. The third kappa shape index (κ3) is 2.43. The maximum Gasteiger partial charge on any atom is 0.320 e. The Balaban J connectivity index is 3.66. The second-order valence-corrected chi connectivity index (χ2v) is 15.9. The van der Waals surface area contributed by atoms with Crippen LogP contribution >= 0.6 is 0 Å². The predicted octanol–water partition coefficient (Wildman–Crippen LogP) is 0.765. The molecule has 6 heteroatoms. The van der Waals surface area contributed by atoms with Crippen LogP contribution in [-0.2, 0) is 0 Å². The van der Waals surface area contributed by atoms with E-state index in [4.69, 9.17) is 0 Å². The lowest BCUT2D eigenvalue weighted by Gasteiger charge is -2.22. The summed E-state index contributed by atoms with van der Waals surface area (Å²) in [5, 5.41) is 0.800. The van der Waals surface area contributed by atoms with Gasteiger partial charge in [-0.25, -0.2) is 4.79 Å². The molecule has 0 bridgehead atoms. The first-order valence-corrected chi connectivity index (χ1v) is 12.4. The van der Waals surface area contributed by atoms with E-state index >= 15 is 0 Å². The van der Waals surface area contributed by atoms with Crippen LogP contribution in [0, 0.1) is 0 Å². The maximum atomic E-state index is 12.3. The van der Waals surface area contributed by atoms with Gasteiger partial charge in [0.05, 0.1) is 8.07 Å². The lowest BCUT2D eigenvalue weighted by atomic mass is 10.6. The van der Waals surface area contributed by atoms with E-state index in [9.17, 15) is 9.59 Å². The van der Waals surface area contributed by atoms with Gasteiger partial charge in [0.25, 0.3) is 0 Å². The molecule has 1 aromatic heterocycles. The molecular formula is C10H20N2O2Si2.